The van der Waals surface area contributed by atoms with Gasteiger partial charge in [0.25, 0.3) is 0 Å². The van der Waals surface area contributed by atoms with Gasteiger partial charge < -0.3 is 19.6 Å². The van der Waals surface area contributed by atoms with Crippen LogP contribution in [0.5, 0.6) is 0 Å². The number of phosphoric ester groups is 1. The minimum Gasteiger partial charge on any atom is -0.463 e. The molecule has 0 radical (unpaired) electrons. The highest BCUT2D eigenvalue weighted by atomic mass is 31.2. The van der Waals surface area contributed by atoms with Crippen LogP contribution < -0.4 is 0 Å². The lowest BCUT2D eigenvalue weighted by molar-refractivity contribution is -0.147. The largest absolute Gasteiger partial charge is 0.469 e. The summed E-state index contributed by atoms with van der Waals surface area (Å²) in [4.78, 5) is 28.4. The van der Waals surface area contributed by atoms with E-state index in [1.54, 1.807) is 0 Å². The number of unbranched alkanes of at least 4 members (excludes halogenated alkanes) is 9. The molecule has 24 heavy (non-hydrogen) atoms. The molecule has 0 bridgehead atoms. The van der Waals surface area contributed by atoms with Crippen LogP contribution in [0.1, 0.15) is 77.6 Å². The summed E-state index contributed by atoms with van der Waals surface area (Å²) in [5.41, 5.74) is 0. The molecule has 0 aliphatic carbocycles. The summed E-state index contributed by atoms with van der Waals surface area (Å²) in [6.45, 7) is 1.31. The third-order valence-corrected chi connectivity index (χ3v) is 4.09. The van der Waals surface area contributed by atoms with E-state index in [1.165, 1.54) is 44.9 Å². The summed E-state index contributed by atoms with van der Waals surface area (Å²) in [5.74, 6) is -0.412. The average Bonchev–Trinajstić information content (AvgIpc) is 2.52. The van der Waals surface area contributed by atoms with Gasteiger partial charge in [0, 0.05) is 6.42 Å². The normalized spacial score (nSPS) is 13.0. The molecular weight excluding hydrogens is 335 g/mol. The average molecular weight is 368 g/mol. The van der Waals surface area contributed by atoms with Gasteiger partial charge in [-0.15, -0.1) is 0 Å². The molecule has 0 amide bonds. The second kappa shape index (κ2) is 14.8. The van der Waals surface area contributed by atoms with Crippen molar-refractivity contribution in [1.29, 1.82) is 0 Å². The Labute approximate surface area is 145 Å². The van der Waals surface area contributed by atoms with Crippen molar-refractivity contribution in [2.24, 2.45) is 0 Å². The van der Waals surface area contributed by atoms with Crippen LogP contribution in [0.25, 0.3) is 0 Å². The van der Waals surface area contributed by atoms with Gasteiger partial charge in [-0.25, -0.2) is 4.57 Å². The first-order valence-corrected chi connectivity index (χ1v) is 10.4. The fourth-order valence-corrected chi connectivity index (χ4v) is 2.62. The lowest BCUT2D eigenvalue weighted by Gasteiger charge is -2.12. The van der Waals surface area contributed by atoms with Crippen molar-refractivity contribution in [2.45, 2.75) is 83.7 Å². The van der Waals surface area contributed by atoms with Gasteiger partial charge in [0.2, 0.25) is 0 Å². The molecule has 3 N–H and O–H groups in total. The Morgan fingerprint density at radius 2 is 1.42 bits per heavy atom. The Morgan fingerprint density at radius 1 is 0.917 bits per heavy atom. The molecule has 0 aromatic heterocycles. The standard InChI is InChI=1S/C16H33O7P/c1-2-3-4-5-6-7-8-9-10-11-12-16(18)22-13-15(17)14-23-24(19,20)21/h15,17H,2-14H2,1H3,(H2,19,20,21)/t15-/m1/s1. The molecule has 0 saturated heterocycles. The molecule has 7 nitrogen and oxygen atoms in total. The number of carbonyl (C=O) groups is 1. The van der Waals surface area contributed by atoms with Crippen molar-refractivity contribution in [3.05, 3.63) is 0 Å². The van der Waals surface area contributed by atoms with Gasteiger partial charge in [-0.3, -0.25) is 9.32 Å². The fourth-order valence-electron chi connectivity index (χ4n) is 2.25. The zero-order valence-electron chi connectivity index (χ0n) is 14.7. The highest BCUT2D eigenvalue weighted by molar-refractivity contribution is 7.46. The number of aliphatic hydroxyl groups excluding tert-OH is 1. The number of rotatable bonds is 16. The van der Waals surface area contributed by atoms with Crippen molar-refractivity contribution in [3.63, 3.8) is 0 Å². The second-order valence-electron chi connectivity index (χ2n) is 6.06. The van der Waals surface area contributed by atoms with E-state index in [2.05, 4.69) is 11.4 Å². The molecule has 144 valence electrons. The lowest BCUT2D eigenvalue weighted by atomic mass is 10.1. The molecule has 0 rings (SSSR count). The molecule has 0 heterocycles. The number of hydrogen-bond acceptors (Lipinski definition) is 5. The summed E-state index contributed by atoms with van der Waals surface area (Å²) in [7, 11) is -4.61. The summed E-state index contributed by atoms with van der Waals surface area (Å²) < 4.78 is 19.4. The minimum absolute atomic E-state index is 0.294. The Balaban J connectivity index is 3.39. The highest BCUT2D eigenvalue weighted by Gasteiger charge is 2.17. The summed E-state index contributed by atoms with van der Waals surface area (Å²) >= 11 is 0. The van der Waals surface area contributed by atoms with Gasteiger partial charge in [-0.2, -0.15) is 0 Å². The Hall–Kier alpha value is -0.460. The molecule has 0 aromatic carbocycles. The van der Waals surface area contributed by atoms with Crippen LogP contribution in [0, 0.1) is 0 Å². The molecule has 8 heteroatoms. The van der Waals surface area contributed by atoms with Gasteiger partial charge >= 0.3 is 13.8 Å². The van der Waals surface area contributed by atoms with E-state index in [4.69, 9.17) is 14.5 Å². The molecule has 0 aromatic rings. The zero-order valence-corrected chi connectivity index (χ0v) is 15.6. The first-order valence-electron chi connectivity index (χ1n) is 8.89. The van der Waals surface area contributed by atoms with Crippen molar-refractivity contribution in [2.75, 3.05) is 13.2 Å². The zero-order chi connectivity index (χ0) is 18.3. The predicted molar refractivity (Wildman–Crippen MR) is 91.4 cm³/mol. The van der Waals surface area contributed by atoms with Crippen molar-refractivity contribution >= 4 is 13.8 Å². The molecule has 0 aliphatic rings. The number of aliphatic hydroxyl groups is 1. The minimum atomic E-state index is -4.61. The number of carbonyl (C=O) groups excluding carboxylic acids is 1. The fraction of sp³-hybridized carbons (Fsp3) is 0.938. The molecule has 0 saturated carbocycles. The van der Waals surface area contributed by atoms with E-state index in [1.807, 2.05) is 0 Å². The SMILES string of the molecule is CCCCCCCCCCCCC(=O)OC[C@@H](O)COP(=O)(O)O. The van der Waals surface area contributed by atoms with Crippen LogP contribution in [-0.2, 0) is 18.6 Å². The van der Waals surface area contributed by atoms with E-state index >= 15 is 0 Å². The van der Waals surface area contributed by atoms with Crippen molar-refractivity contribution in [1.82, 2.24) is 0 Å². The van der Waals surface area contributed by atoms with Crippen LogP contribution in [0.4, 0.5) is 0 Å². The monoisotopic (exact) mass is 368 g/mol. The Kier molecular flexibility index (Phi) is 14.6. The molecule has 1 atom stereocenters. The topological polar surface area (TPSA) is 113 Å². The van der Waals surface area contributed by atoms with Crippen LogP contribution in [0.3, 0.4) is 0 Å². The predicted octanol–water partition coefficient (Wildman–Crippen LogP) is 3.31. The number of ether oxygens (including phenoxy) is 1. The van der Waals surface area contributed by atoms with Gasteiger partial charge in [0.1, 0.15) is 12.7 Å². The molecule has 0 unspecified atom stereocenters. The number of esters is 1. The first-order chi connectivity index (χ1) is 11.3. The summed E-state index contributed by atoms with van der Waals surface area (Å²) in [6.07, 6.45) is 10.9. The second-order valence-corrected chi connectivity index (χ2v) is 7.29. The lowest BCUT2D eigenvalue weighted by Crippen LogP contribution is -2.23. The Bertz CT molecular complexity index is 356. The van der Waals surface area contributed by atoms with E-state index in [0.29, 0.717) is 6.42 Å². The smallest absolute Gasteiger partial charge is 0.463 e. The number of phosphoric acid groups is 1. The maximum atomic E-state index is 11.5. The van der Waals surface area contributed by atoms with E-state index in [9.17, 15) is 14.5 Å². The Morgan fingerprint density at radius 3 is 1.92 bits per heavy atom. The highest BCUT2D eigenvalue weighted by Crippen LogP contribution is 2.35. The van der Waals surface area contributed by atoms with Gasteiger partial charge in [-0.05, 0) is 6.42 Å². The van der Waals surface area contributed by atoms with Crippen LogP contribution in [0.15, 0.2) is 0 Å². The molecular formula is C16H33O7P. The van der Waals surface area contributed by atoms with E-state index in [-0.39, 0.29) is 6.61 Å². The molecule has 0 aliphatic heterocycles. The van der Waals surface area contributed by atoms with Crippen LogP contribution >= 0.6 is 7.82 Å². The third-order valence-electron chi connectivity index (χ3n) is 3.61. The maximum Gasteiger partial charge on any atom is 0.469 e. The maximum absolute atomic E-state index is 11.5. The van der Waals surface area contributed by atoms with E-state index in [0.717, 1.165) is 19.3 Å². The number of hydrogen-bond donors (Lipinski definition) is 3. The van der Waals surface area contributed by atoms with Gasteiger partial charge in [-0.1, -0.05) is 64.7 Å². The third kappa shape index (κ3) is 17.9. The van der Waals surface area contributed by atoms with Gasteiger partial charge in [0.15, 0.2) is 0 Å². The quantitative estimate of drug-likeness (QED) is 0.218. The molecule has 0 spiro atoms. The van der Waals surface area contributed by atoms with Gasteiger partial charge in [0.05, 0.1) is 6.61 Å². The summed E-state index contributed by atoms with van der Waals surface area (Å²) in [6, 6.07) is 0. The van der Waals surface area contributed by atoms with Crippen molar-refractivity contribution in [3.8, 4) is 0 Å². The van der Waals surface area contributed by atoms with Crippen LogP contribution in [-0.4, -0.2) is 40.2 Å². The van der Waals surface area contributed by atoms with Crippen molar-refractivity contribution < 1.29 is 33.5 Å². The summed E-state index contributed by atoms with van der Waals surface area (Å²) in [5, 5.41) is 9.36. The van der Waals surface area contributed by atoms with Crippen LogP contribution in [0.2, 0.25) is 0 Å². The molecule has 0 fully saturated rings. The first kappa shape index (κ1) is 23.5. The van der Waals surface area contributed by atoms with E-state index < -0.39 is 26.5 Å².